The average Bonchev–Trinajstić information content (AvgIpc) is 2.28. The van der Waals surface area contributed by atoms with Gasteiger partial charge in [-0.15, -0.1) is 0 Å². The molecule has 1 rings (SSSR count). The number of benzene rings is 1. The van der Waals surface area contributed by atoms with E-state index in [0.29, 0.717) is 17.2 Å². The van der Waals surface area contributed by atoms with Gasteiger partial charge >= 0.3 is 0 Å². The van der Waals surface area contributed by atoms with Crippen LogP contribution in [0.5, 0.6) is 11.5 Å². The number of methoxy groups -OCH3 is 2. The highest BCUT2D eigenvalue weighted by atomic mass is 19.3. The molecular formula is C11H15F2NO2. The summed E-state index contributed by atoms with van der Waals surface area (Å²) in [5.41, 5.74) is 0.495. The van der Waals surface area contributed by atoms with Gasteiger partial charge < -0.3 is 14.8 Å². The van der Waals surface area contributed by atoms with Crippen LogP contribution in [-0.2, 0) is 0 Å². The topological polar surface area (TPSA) is 30.5 Å². The van der Waals surface area contributed by atoms with E-state index in [1.807, 2.05) is 0 Å². The second-order valence-electron chi connectivity index (χ2n) is 3.33. The monoisotopic (exact) mass is 231 g/mol. The zero-order valence-corrected chi connectivity index (χ0v) is 9.46. The molecule has 0 aliphatic rings. The van der Waals surface area contributed by atoms with Crippen molar-refractivity contribution >= 4 is 5.69 Å². The Morgan fingerprint density at radius 3 is 2.38 bits per heavy atom. The normalized spacial score (nSPS) is 12.4. The van der Waals surface area contributed by atoms with E-state index in [0.717, 1.165) is 0 Å². The first-order chi connectivity index (χ1) is 7.58. The number of ether oxygens (including phenoxy) is 2. The van der Waals surface area contributed by atoms with E-state index in [9.17, 15) is 8.78 Å². The van der Waals surface area contributed by atoms with Crippen LogP contribution in [0, 0.1) is 0 Å². The Bertz CT molecular complexity index is 345. The molecule has 0 aliphatic carbocycles. The number of hydrogen-bond acceptors (Lipinski definition) is 3. The second-order valence-corrected chi connectivity index (χ2v) is 3.33. The van der Waals surface area contributed by atoms with Crippen LogP contribution in [0.3, 0.4) is 0 Å². The Kier molecular flexibility index (Phi) is 4.34. The summed E-state index contributed by atoms with van der Waals surface area (Å²) in [5, 5.41) is 2.68. The Morgan fingerprint density at radius 1 is 1.19 bits per heavy atom. The maximum absolute atomic E-state index is 12.4. The molecule has 5 heteroatoms. The SMILES string of the molecule is COc1ccc(OC)c(NC(C)C(F)F)c1. The predicted molar refractivity (Wildman–Crippen MR) is 58.6 cm³/mol. The smallest absolute Gasteiger partial charge is 0.258 e. The first kappa shape index (κ1) is 12.5. The van der Waals surface area contributed by atoms with Crippen LogP contribution >= 0.6 is 0 Å². The fraction of sp³-hybridized carbons (Fsp3) is 0.455. The summed E-state index contributed by atoms with van der Waals surface area (Å²) in [5.74, 6) is 1.10. The lowest BCUT2D eigenvalue weighted by Crippen LogP contribution is -2.24. The van der Waals surface area contributed by atoms with E-state index in [1.165, 1.54) is 21.1 Å². The van der Waals surface area contributed by atoms with Gasteiger partial charge in [0, 0.05) is 6.07 Å². The molecule has 0 bridgehead atoms. The van der Waals surface area contributed by atoms with Crippen molar-refractivity contribution in [1.82, 2.24) is 0 Å². The molecule has 0 aromatic heterocycles. The van der Waals surface area contributed by atoms with Crippen molar-refractivity contribution in [3.05, 3.63) is 18.2 Å². The molecule has 0 amide bonds. The highest BCUT2D eigenvalue weighted by Crippen LogP contribution is 2.29. The molecule has 1 atom stereocenters. The largest absolute Gasteiger partial charge is 0.497 e. The fourth-order valence-corrected chi connectivity index (χ4v) is 1.24. The molecule has 16 heavy (non-hydrogen) atoms. The molecule has 90 valence electrons. The van der Waals surface area contributed by atoms with Gasteiger partial charge in [-0.3, -0.25) is 0 Å². The molecule has 0 spiro atoms. The van der Waals surface area contributed by atoms with Gasteiger partial charge in [0.15, 0.2) is 0 Å². The number of rotatable bonds is 5. The third-order valence-electron chi connectivity index (χ3n) is 2.17. The van der Waals surface area contributed by atoms with Gasteiger partial charge in [-0.25, -0.2) is 8.78 Å². The van der Waals surface area contributed by atoms with Crippen LogP contribution in [0.4, 0.5) is 14.5 Å². The summed E-state index contributed by atoms with van der Waals surface area (Å²) < 4.78 is 34.9. The molecule has 0 heterocycles. The molecule has 0 aliphatic heterocycles. The molecule has 0 fully saturated rings. The Labute approximate surface area is 93.4 Å². The standard InChI is InChI=1S/C11H15F2NO2/c1-7(11(12)13)14-9-6-8(15-2)4-5-10(9)16-3/h4-7,11,14H,1-3H3. The molecule has 0 saturated heterocycles. The van der Waals surface area contributed by atoms with Gasteiger partial charge in [0.05, 0.1) is 25.9 Å². The molecule has 1 N–H and O–H groups in total. The lowest BCUT2D eigenvalue weighted by Gasteiger charge is -2.17. The van der Waals surface area contributed by atoms with Crippen LogP contribution in [-0.4, -0.2) is 26.7 Å². The van der Waals surface area contributed by atoms with Crippen molar-refractivity contribution in [3.8, 4) is 11.5 Å². The van der Waals surface area contributed by atoms with E-state index in [-0.39, 0.29) is 0 Å². The van der Waals surface area contributed by atoms with E-state index >= 15 is 0 Å². The molecule has 1 aromatic carbocycles. The molecule has 1 aromatic rings. The van der Waals surface area contributed by atoms with E-state index in [2.05, 4.69) is 5.32 Å². The lowest BCUT2D eigenvalue weighted by molar-refractivity contribution is 0.130. The number of halogens is 2. The van der Waals surface area contributed by atoms with Crippen LogP contribution in [0.25, 0.3) is 0 Å². The molecule has 3 nitrogen and oxygen atoms in total. The van der Waals surface area contributed by atoms with Gasteiger partial charge in [0.2, 0.25) is 0 Å². The molecule has 0 radical (unpaired) electrons. The highest BCUT2D eigenvalue weighted by Gasteiger charge is 2.16. The van der Waals surface area contributed by atoms with Crippen molar-refractivity contribution < 1.29 is 18.3 Å². The van der Waals surface area contributed by atoms with Crippen molar-refractivity contribution in [3.63, 3.8) is 0 Å². The number of anilines is 1. The minimum atomic E-state index is -2.43. The van der Waals surface area contributed by atoms with Crippen LogP contribution in [0.1, 0.15) is 6.92 Å². The van der Waals surface area contributed by atoms with Crippen LogP contribution < -0.4 is 14.8 Å². The van der Waals surface area contributed by atoms with Gasteiger partial charge in [0.25, 0.3) is 6.43 Å². The Morgan fingerprint density at radius 2 is 1.88 bits per heavy atom. The van der Waals surface area contributed by atoms with Crippen molar-refractivity contribution in [2.75, 3.05) is 19.5 Å². The lowest BCUT2D eigenvalue weighted by atomic mass is 10.2. The van der Waals surface area contributed by atoms with Crippen molar-refractivity contribution in [2.45, 2.75) is 19.4 Å². The van der Waals surface area contributed by atoms with Crippen molar-refractivity contribution in [2.24, 2.45) is 0 Å². The summed E-state index contributed by atoms with van der Waals surface area (Å²) in [6.07, 6.45) is -2.43. The Hall–Kier alpha value is -1.52. The maximum atomic E-state index is 12.4. The van der Waals surface area contributed by atoms with Crippen LogP contribution in [0.2, 0.25) is 0 Å². The predicted octanol–water partition coefficient (Wildman–Crippen LogP) is 2.77. The molecule has 1 unspecified atom stereocenters. The number of hydrogen-bond donors (Lipinski definition) is 1. The van der Waals surface area contributed by atoms with E-state index in [4.69, 9.17) is 9.47 Å². The van der Waals surface area contributed by atoms with Gasteiger partial charge in [-0.2, -0.15) is 0 Å². The summed E-state index contributed by atoms with van der Waals surface area (Å²) in [6.45, 7) is 1.41. The summed E-state index contributed by atoms with van der Waals surface area (Å²) >= 11 is 0. The van der Waals surface area contributed by atoms with Crippen LogP contribution in [0.15, 0.2) is 18.2 Å². The molecular weight excluding hydrogens is 216 g/mol. The highest BCUT2D eigenvalue weighted by molar-refractivity contribution is 5.60. The summed E-state index contributed by atoms with van der Waals surface area (Å²) in [6, 6.07) is 4.05. The quantitative estimate of drug-likeness (QED) is 0.845. The van der Waals surface area contributed by atoms with E-state index < -0.39 is 12.5 Å². The minimum Gasteiger partial charge on any atom is -0.497 e. The van der Waals surface area contributed by atoms with E-state index in [1.54, 1.807) is 18.2 Å². The maximum Gasteiger partial charge on any atom is 0.258 e. The number of alkyl halides is 2. The summed E-state index contributed by atoms with van der Waals surface area (Å²) in [7, 11) is 3.00. The third kappa shape index (κ3) is 2.98. The zero-order valence-electron chi connectivity index (χ0n) is 9.46. The second kappa shape index (κ2) is 5.53. The summed E-state index contributed by atoms with van der Waals surface area (Å²) in [4.78, 5) is 0. The van der Waals surface area contributed by atoms with Gasteiger partial charge in [0.1, 0.15) is 11.5 Å². The minimum absolute atomic E-state index is 0.495. The molecule has 0 saturated carbocycles. The first-order valence-corrected chi connectivity index (χ1v) is 4.85. The fourth-order valence-electron chi connectivity index (χ4n) is 1.24. The Balaban J connectivity index is 2.91. The zero-order chi connectivity index (χ0) is 12.1. The average molecular weight is 231 g/mol. The van der Waals surface area contributed by atoms with Gasteiger partial charge in [-0.05, 0) is 19.1 Å². The van der Waals surface area contributed by atoms with Gasteiger partial charge in [-0.1, -0.05) is 0 Å². The first-order valence-electron chi connectivity index (χ1n) is 4.85. The third-order valence-corrected chi connectivity index (χ3v) is 2.17. The number of nitrogens with one attached hydrogen (secondary N) is 1. The van der Waals surface area contributed by atoms with Crippen molar-refractivity contribution in [1.29, 1.82) is 0 Å².